The molecule has 0 radical (unpaired) electrons. The molecule has 0 bridgehead atoms. The summed E-state index contributed by atoms with van der Waals surface area (Å²) in [5, 5.41) is 2.25. The Bertz CT molecular complexity index is 1120. The minimum absolute atomic E-state index is 0.0558. The van der Waals surface area contributed by atoms with Crippen molar-refractivity contribution >= 4 is 18.9 Å². The SMILES string of the molecule is CC(C)(C)c1ccccc1[Si](OCc1ccccc1)(Oc1ccccc1)c1ccccc1. The van der Waals surface area contributed by atoms with Crippen LogP contribution in [0.4, 0.5) is 0 Å². The molecule has 3 heteroatoms. The third kappa shape index (κ3) is 4.85. The average molecular weight is 439 g/mol. The summed E-state index contributed by atoms with van der Waals surface area (Å²) in [4.78, 5) is 0. The predicted octanol–water partition coefficient (Wildman–Crippen LogP) is 5.84. The lowest BCUT2D eigenvalue weighted by molar-refractivity contribution is 0.249. The van der Waals surface area contributed by atoms with Crippen LogP contribution in [0.25, 0.3) is 0 Å². The van der Waals surface area contributed by atoms with Crippen LogP contribution in [0.15, 0.2) is 115 Å². The van der Waals surface area contributed by atoms with E-state index in [9.17, 15) is 0 Å². The molecule has 1 unspecified atom stereocenters. The van der Waals surface area contributed by atoms with E-state index in [4.69, 9.17) is 8.85 Å². The van der Waals surface area contributed by atoms with Crippen LogP contribution in [0.1, 0.15) is 31.9 Å². The normalized spacial score (nSPS) is 13.3. The van der Waals surface area contributed by atoms with Crippen molar-refractivity contribution in [3.63, 3.8) is 0 Å². The van der Waals surface area contributed by atoms with E-state index < -0.39 is 8.56 Å². The van der Waals surface area contributed by atoms with E-state index >= 15 is 0 Å². The van der Waals surface area contributed by atoms with Gasteiger partial charge in [-0.2, -0.15) is 0 Å². The van der Waals surface area contributed by atoms with E-state index in [-0.39, 0.29) is 5.41 Å². The fraction of sp³-hybridized carbons (Fsp3) is 0.172. The lowest BCUT2D eigenvalue weighted by Crippen LogP contribution is -2.67. The minimum atomic E-state index is -3.13. The molecule has 0 saturated carbocycles. The quantitative estimate of drug-likeness (QED) is 0.338. The standard InChI is InChI=1S/C29H30O2Si/c1-29(2,3)27-21-13-14-22-28(27)32(26-19-11-6-12-20-26,31-25-17-9-5-10-18-25)30-23-24-15-7-4-8-16-24/h4-22H,23H2,1-3H3. The second-order valence-electron chi connectivity index (χ2n) is 8.97. The summed E-state index contributed by atoms with van der Waals surface area (Å²) in [5.74, 6) is 0.819. The molecule has 0 spiro atoms. The van der Waals surface area contributed by atoms with Crippen molar-refractivity contribution in [1.29, 1.82) is 0 Å². The summed E-state index contributed by atoms with van der Waals surface area (Å²) in [6, 6.07) is 39.4. The highest BCUT2D eigenvalue weighted by Gasteiger charge is 2.47. The Balaban J connectivity index is 1.92. The lowest BCUT2D eigenvalue weighted by atomic mass is 9.87. The van der Waals surface area contributed by atoms with E-state index in [1.165, 1.54) is 5.56 Å². The van der Waals surface area contributed by atoms with E-state index in [1.54, 1.807) is 0 Å². The van der Waals surface area contributed by atoms with Gasteiger partial charge in [-0.1, -0.05) is 124 Å². The number of hydrogen-bond donors (Lipinski definition) is 0. The van der Waals surface area contributed by atoms with Gasteiger partial charge >= 0.3 is 8.56 Å². The van der Waals surface area contributed by atoms with Crippen molar-refractivity contribution in [2.45, 2.75) is 32.8 Å². The maximum Gasteiger partial charge on any atom is 0.469 e. The average Bonchev–Trinajstić information content (AvgIpc) is 2.83. The summed E-state index contributed by atoms with van der Waals surface area (Å²) in [7, 11) is -3.13. The monoisotopic (exact) mass is 438 g/mol. The summed E-state index contributed by atoms with van der Waals surface area (Å²) >= 11 is 0. The van der Waals surface area contributed by atoms with Gasteiger partial charge in [0.2, 0.25) is 0 Å². The third-order valence-corrected chi connectivity index (χ3v) is 8.85. The highest BCUT2D eigenvalue weighted by atomic mass is 28.4. The Morgan fingerprint density at radius 3 is 1.78 bits per heavy atom. The molecule has 0 aliphatic carbocycles. The molecule has 4 aromatic rings. The van der Waals surface area contributed by atoms with Crippen molar-refractivity contribution in [1.82, 2.24) is 0 Å². The topological polar surface area (TPSA) is 18.5 Å². The van der Waals surface area contributed by atoms with Crippen LogP contribution < -0.4 is 14.8 Å². The van der Waals surface area contributed by atoms with Crippen LogP contribution in [-0.2, 0) is 16.4 Å². The van der Waals surface area contributed by atoms with Crippen LogP contribution in [0.5, 0.6) is 5.75 Å². The first-order valence-electron chi connectivity index (χ1n) is 11.1. The van der Waals surface area contributed by atoms with Crippen LogP contribution in [-0.4, -0.2) is 8.56 Å². The van der Waals surface area contributed by atoms with Crippen molar-refractivity contribution < 1.29 is 8.85 Å². The molecule has 162 valence electrons. The van der Waals surface area contributed by atoms with E-state index in [1.807, 2.05) is 54.6 Å². The molecular weight excluding hydrogens is 408 g/mol. The van der Waals surface area contributed by atoms with E-state index in [0.717, 1.165) is 21.7 Å². The van der Waals surface area contributed by atoms with Crippen molar-refractivity contribution in [3.8, 4) is 5.75 Å². The Morgan fingerprint density at radius 2 is 1.16 bits per heavy atom. The summed E-state index contributed by atoms with van der Waals surface area (Å²) in [6.07, 6.45) is 0. The van der Waals surface area contributed by atoms with Crippen molar-refractivity contribution in [2.75, 3.05) is 0 Å². The first kappa shape index (κ1) is 22.1. The molecule has 0 fully saturated rings. The fourth-order valence-corrected chi connectivity index (χ4v) is 7.47. The smallest absolute Gasteiger partial charge is 0.469 e. The number of rotatable bonds is 7. The van der Waals surface area contributed by atoms with Gasteiger partial charge in [0, 0.05) is 10.4 Å². The highest BCUT2D eigenvalue weighted by molar-refractivity contribution is 6.93. The third-order valence-electron chi connectivity index (χ3n) is 5.53. The molecule has 0 amide bonds. The predicted molar refractivity (Wildman–Crippen MR) is 135 cm³/mol. The zero-order valence-corrected chi connectivity index (χ0v) is 20.0. The molecule has 4 rings (SSSR count). The van der Waals surface area contributed by atoms with Gasteiger partial charge in [0.15, 0.2) is 0 Å². The van der Waals surface area contributed by atoms with Crippen LogP contribution in [0, 0.1) is 0 Å². The summed E-state index contributed by atoms with van der Waals surface area (Å²) in [6.45, 7) is 7.22. The zero-order chi connectivity index (χ0) is 22.4. The molecule has 2 nitrogen and oxygen atoms in total. The highest BCUT2D eigenvalue weighted by Crippen LogP contribution is 2.26. The van der Waals surface area contributed by atoms with Gasteiger partial charge in [0.25, 0.3) is 0 Å². The van der Waals surface area contributed by atoms with Crippen LogP contribution >= 0.6 is 0 Å². The van der Waals surface area contributed by atoms with Gasteiger partial charge in [-0.15, -0.1) is 0 Å². The molecule has 1 atom stereocenters. The zero-order valence-electron chi connectivity index (χ0n) is 19.0. The summed E-state index contributed by atoms with van der Waals surface area (Å²) < 4.78 is 13.9. The van der Waals surface area contributed by atoms with E-state index in [2.05, 4.69) is 81.4 Å². The molecular formula is C29H30O2Si. The molecule has 0 aromatic heterocycles. The maximum absolute atomic E-state index is 6.95. The first-order valence-corrected chi connectivity index (χ1v) is 12.9. The minimum Gasteiger partial charge on any atom is -0.514 e. The van der Waals surface area contributed by atoms with Gasteiger partial charge in [-0.05, 0) is 28.7 Å². The Kier molecular flexibility index (Phi) is 6.59. The number of benzene rings is 4. The number of para-hydroxylation sites is 1. The van der Waals surface area contributed by atoms with Crippen LogP contribution in [0.2, 0.25) is 0 Å². The van der Waals surface area contributed by atoms with Gasteiger partial charge in [0.1, 0.15) is 5.75 Å². The molecule has 0 saturated heterocycles. The van der Waals surface area contributed by atoms with Gasteiger partial charge in [-0.3, -0.25) is 0 Å². The molecule has 0 aliphatic rings. The first-order chi connectivity index (χ1) is 15.5. The molecule has 32 heavy (non-hydrogen) atoms. The second kappa shape index (κ2) is 9.56. The Hall–Kier alpha value is -3.14. The number of hydrogen-bond acceptors (Lipinski definition) is 2. The van der Waals surface area contributed by atoms with Crippen molar-refractivity contribution in [3.05, 3.63) is 126 Å². The van der Waals surface area contributed by atoms with Gasteiger partial charge < -0.3 is 8.85 Å². The fourth-order valence-electron chi connectivity index (χ4n) is 3.96. The maximum atomic E-state index is 6.95. The Labute approximate surface area is 192 Å². The molecule has 0 aliphatic heterocycles. The van der Waals surface area contributed by atoms with E-state index in [0.29, 0.717) is 6.61 Å². The van der Waals surface area contributed by atoms with Crippen LogP contribution in [0.3, 0.4) is 0 Å². The molecule has 0 heterocycles. The lowest BCUT2D eigenvalue weighted by Gasteiger charge is -2.36. The largest absolute Gasteiger partial charge is 0.514 e. The van der Waals surface area contributed by atoms with Gasteiger partial charge in [-0.25, -0.2) is 0 Å². The molecule has 4 aromatic carbocycles. The Morgan fingerprint density at radius 1 is 0.625 bits per heavy atom. The molecule has 0 N–H and O–H groups in total. The van der Waals surface area contributed by atoms with Crippen molar-refractivity contribution in [2.24, 2.45) is 0 Å². The van der Waals surface area contributed by atoms with Gasteiger partial charge in [0.05, 0.1) is 6.61 Å². The summed E-state index contributed by atoms with van der Waals surface area (Å²) in [5.41, 5.74) is 2.32. The second-order valence-corrected chi connectivity index (χ2v) is 11.8.